The van der Waals surface area contributed by atoms with Gasteiger partial charge in [0.15, 0.2) is 0 Å². The molecule has 2 amide bonds. The summed E-state index contributed by atoms with van der Waals surface area (Å²) in [7, 11) is 0. The number of carbonyl (C=O) groups excluding carboxylic acids is 3. The van der Waals surface area contributed by atoms with E-state index in [1.165, 1.54) is 23.5 Å². The number of ether oxygens (including phenoxy) is 1. The molecule has 0 saturated carbocycles. The van der Waals surface area contributed by atoms with Crippen LogP contribution in [0.4, 0.5) is 0 Å². The standard InChI is InChI=1S/C46H51N5O7S/c52-36-14-12-34(35-13-17-41(54)48-42(35)36)37(53)28-47-22-7-23-51(29-31-8-3-1-4-9-31)44(56)40-16-15-39(59-40)43(55)50-26-20-46(21-27-50,33-10-5-2-6-11-33)45(57)58-38-30-49-24-18-32(38)19-25-49/h1-6,8-17,32,37-38,47,52-53H,7,18-30H2,(H,48,54)/t37?,38-/m0/s1. The van der Waals surface area contributed by atoms with Crippen molar-refractivity contribution >= 4 is 40.0 Å². The third kappa shape index (κ3) is 8.84. The third-order valence-corrected chi connectivity index (χ3v) is 13.5. The fourth-order valence-corrected chi connectivity index (χ4v) is 9.92. The summed E-state index contributed by atoms with van der Waals surface area (Å²) in [4.78, 5) is 63.5. The number of aliphatic hydroxyl groups excluding tert-OH is 1. The number of esters is 1. The lowest BCUT2D eigenvalue weighted by atomic mass is 9.72. The number of nitrogens with one attached hydrogen (secondary N) is 2. The number of hydrogen-bond acceptors (Lipinski definition) is 10. The molecule has 12 nitrogen and oxygen atoms in total. The van der Waals surface area contributed by atoms with Crippen LogP contribution in [0, 0.1) is 5.92 Å². The van der Waals surface area contributed by atoms with Crippen molar-refractivity contribution in [3.05, 3.63) is 134 Å². The first-order chi connectivity index (χ1) is 28.7. The van der Waals surface area contributed by atoms with E-state index in [1.54, 1.807) is 34.1 Å². The van der Waals surface area contributed by atoms with E-state index >= 15 is 0 Å². The highest BCUT2D eigenvalue weighted by molar-refractivity contribution is 7.15. The van der Waals surface area contributed by atoms with Gasteiger partial charge in [-0.15, -0.1) is 11.3 Å². The smallest absolute Gasteiger partial charge is 0.317 e. The number of aromatic hydroxyl groups is 1. The molecule has 4 fully saturated rings. The van der Waals surface area contributed by atoms with Gasteiger partial charge in [0.05, 0.1) is 26.8 Å². The number of aromatic nitrogens is 1. The number of nitrogens with zero attached hydrogens (tertiary/aromatic N) is 3. The summed E-state index contributed by atoms with van der Waals surface area (Å²) >= 11 is 1.19. The number of carbonyl (C=O) groups is 3. The van der Waals surface area contributed by atoms with E-state index in [0.29, 0.717) is 78.6 Å². The summed E-state index contributed by atoms with van der Waals surface area (Å²) < 4.78 is 6.33. The number of fused-ring (bicyclic) bond motifs is 4. The number of piperidine rings is 4. The van der Waals surface area contributed by atoms with Crippen LogP contribution in [-0.2, 0) is 21.5 Å². The quantitative estimate of drug-likeness (QED) is 0.0845. The van der Waals surface area contributed by atoms with Crippen molar-refractivity contribution < 1.29 is 29.3 Å². The Labute approximate surface area is 347 Å². The van der Waals surface area contributed by atoms with E-state index < -0.39 is 11.5 Å². The second-order valence-electron chi connectivity index (χ2n) is 16.1. The van der Waals surface area contributed by atoms with Crippen LogP contribution in [0.3, 0.4) is 0 Å². The van der Waals surface area contributed by atoms with E-state index in [-0.39, 0.29) is 47.3 Å². The minimum absolute atomic E-state index is 0.0677. The Hall–Kier alpha value is -5.34. The number of likely N-dealkylation sites (tertiary alicyclic amines) is 1. The molecule has 13 heteroatoms. The minimum atomic E-state index is -0.897. The Kier molecular flexibility index (Phi) is 12.3. The lowest BCUT2D eigenvalue weighted by Gasteiger charge is -2.46. The maximum absolute atomic E-state index is 14.1. The normalized spacial score (nSPS) is 20.3. The monoisotopic (exact) mass is 817 g/mol. The highest BCUT2D eigenvalue weighted by Crippen LogP contribution is 2.40. The fourth-order valence-electron chi connectivity index (χ4n) is 8.98. The van der Waals surface area contributed by atoms with Crippen LogP contribution in [0.15, 0.2) is 102 Å². The van der Waals surface area contributed by atoms with Gasteiger partial charge in [-0.05, 0) is 98.6 Å². The molecule has 5 aromatic rings. The number of rotatable bonds is 14. The van der Waals surface area contributed by atoms with E-state index in [9.17, 15) is 29.4 Å². The second-order valence-corrected chi connectivity index (χ2v) is 17.1. The number of pyridine rings is 1. The first kappa shape index (κ1) is 40.4. The van der Waals surface area contributed by atoms with Crippen LogP contribution in [0.1, 0.15) is 74.2 Å². The molecule has 4 aliphatic rings. The predicted octanol–water partition coefficient (Wildman–Crippen LogP) is 5.46. The van der Waals surface area contributed by atoms with Crippen LogP contribution in [0.5, 0.6) is 5.75 Å². The van der Waals surface area contributed by atoms with Gasteiger partial charge in [-0.3, -0.25) is 24.1 Å². The SMILES string of the molecule is O=C(c1ccc(C(=O)N(CCCNCC(O)c2ccc(O)c3[nH]c(=O)ccc23)Cc2ccccc2)s1)N1CCC(C(=O)O[C@H]2CN3CCC2CC3)(c2ccccc2)CC1. The van der Waals surface area contributed by atoms with E-state index in [0.717, 1.165) is 43.6 Å². The van der Waals surface area contributed by atoms with Crippen LogP contribution in [0.2, 0.25) is 0 Å². The van der Waals surface area contributed by atoms with Gasteiger partial charge in [-0.25, -0.2) is 0 Å². The van der Waals surface area contributed by atoms with Crippen molar-refractivity contribution in [1.29, 1.82) is 0 Å². The number of H-pyrrole nitrogens is 1. The molecule has 308 valence electrons. The van der Waals surface area contributed by atoms with Gasteiger partial charge in [0.2, 0.25) is 5.56 Å². The molecule has 2 aromatic heterocycles. The van der Waals surface area contributed by atoms with Crippen molar-refractivity contribution in [2.24, 2.45) is 5.92 Å². The Balaban J connectivity index is 0.892. The summed E-state index contributed by atoms with van der Waals surface area (Å²) in [5.74, 6) is -0.163. The zero-order valence-corrected chi connectivity index (χ0v) is 33.9. The van der Waals surface area contributed by atoms with Crippen molar-refractivity contribution in [2.75, 3.05) is 52.4 Å². The molecule has 0 radical (unpaired) electrons. The number of benzene rings is 3. The fraction of sp³-hybridized carbons (Fsp3) is 0.391. The number of hydrogen-bond donors (Lipinski definition) is 4. The maximum Gasteiger partial charge on any atom is 0.317 e. The van der Waals surface area contributed by atoms with Crippen molar-refractivity contribution in [3.8, 4) is 5.75 Å². The molecular weight excluding hydrogens is 767 g/mol. The number of phenols is 1. The van der Waals surface area contributed by atoms with E-state index in [2.05, 4.69) is 15.2 Å². The Morgan fingerprint density at radius 2 is 1.61 bits per heavy atom. The van der Waals surface area contributed by atoms with Crippen LogP contribution >= 0.6 is 11.3 Å². The molecule has 6 heterocycles. The molecule has 3 aromatic carbocycles. The Morgan fingerprint density at radius 1 is 0.898 bits per heavy atom. The predicted molar refractivity (Wildman–Crippen MR) is 226 cm³/mol. The second kappa shape index (κ2) is 17.9. The number of aliphatic hydroxyl groups is 1. The van der Waals surface area contributed by atoms with Gasteiger partial charge in [0.25, 0.3) is 11.8 Å². The van der Waals surface area contributed by atoms with Gasteiger partial charge in [0.1, 0.15) is 11.9 Å². The molecular formula is C46H51N5O7S. The molecule has 59 heavy (non-hydrogen) atoms. The molecule has 4 aliphatic heterocycles. The zero-order chi connectivity index (χ0) is 40.9. The number of thiophene rings is 1. The van der Waals surface area contributed by atoms with Crippen LogP contribution in [-0.4, -0.2) is 106 Å². The van der Waals surface area contributed by atoms with Crippen molar-refractivity contribution in [2.45, 2.75) is 56.3 Å². The zero-order valence-electron chi connectivity index (χ0n) is 33.1. The summed E-state index contributed by atoms with van der Waals surface area (Å²) in [6, 6.07) is 29.1. The van der Waals surface area contributed by atoms with Gasteiger partial charge in [0, 0.05) is 50.7 Å². The summed E-state index contributed by atoms with van der Waals surface area (Å²) in [5, 5.41) is 25.0. The molecule has 4 N–H and O–H groups in total. The van der Waals surface area contributed by atoms with Gasteiger partial charge in [-0.2, -0.15) is 0 Å². The third-order valence-electron chi connectivity index (χ3n) is 12.4. The number of amides is 2. The molecule has 4 saturated heterocycles. The highest BCUT2D eigenvalue weighted by atomic mass is 32.1. The first-order valence-electron chi connectivity index (χ1n) is 20.6. The lowest BCUT2D eigenvalue weighted by molar-refractivity contribution is -0.167. The summed E-state index contributed by atoms with van der Waals surface area (Å²) in [5.41, 5.74) is 1.60. The molecule has 0 spiro atoms. The number of phenolic OH excluding ortho intramolecular Hbond substituents is 1. The maximum atomic E-state index is 14.1. The largest absolute Gasteiger partial charge is 0.506 e. The van der Waals surface area contributed by atoms with Gasteiger partial charge < -0.3 is 35.1 Å². The van der Waals surface area contributed by atoms with Crippen LogP contribution in [0.25, 0.3) is 10.9 Å². The highest BCUT2D eigenvalue weighted by Gasteiger charge is 2.47. The van der Waals surface area contributed by atoms with Crippen LogP contribution < -0.4 is 10.9 Å². The topological polar surface area (TPSA) is 156 Å². The average Bonchev–Trinajstić information content (AvgIpc) is 3.77. The number of aromatic amines is 1. The summed E-state index contributed by atoms with van der Waals surface area (Å²) in [6.07, 6.45) is 2.65. The first-order valence-corrected chi connectivity index (χ1v) is 21.4. The molecule has 0 aliphatic carbocycles. The Morgan fingerprint density at radius 3 is 2.32 bits per heavy atom. The van der Waals surface area contributed by atoms with Gasteiger partial charge in [-0.1, -0.05) is 66.7 Å². The average molecular weight is 818 g/mol. The molecule has 9 rings (SSSR count). The molecule has 2 atom stereocenters. The molecule has 1 unspecified atom stereocenters. The van der Waals surface area contributed by atoms with E-state index in [4.69, 9.17) is 4.74 Å². The minimum Gasteiger partial charge on any atom is -0.506 e. The molecule has 2 bridgehead atoms. The Bertz CT molecular complexity index is 2320. The van der Waals surface area contributed by atoms with E-state index in [1.807, 2.05) is 60.7 Å². The van der Waals surface area contributed by atoms with Crippen molar-refractivity contribution in [3.63, 3.8) is 0 Å². The summed E-state index contributed by atoms with van der Waals surface area (Å²) in [6.45, 7) is 5.30. The lowest BCUT2D eigenvalue weighted by Crippen LogP contribution is -2.55. The van der Waals surface area contributed by atoms with Crippen molar-refractivity contribution in [1.82, 2.24) is 25.0 Å². The van der Waals surface area contributed by atoms with Gasteiger partial charge >= 0.3 is 5.97 Å².